The van der Waals surface area contributed by atoms with Crippen LogP contribution >= 0.6 is 0 Å². The first-order valence-electron chi connectivity index (χ1n) is 4.88. The second kappa shape index (κ2) is 5.36. The minimum absolute atomic E-state index is 0.01000. The Balaban J connectivity index is 2.35. The van der Waals surface area contributed by atoms with Gasteiger partial charge in [-0.15, -0.1) is 0 Å². The molecule has 0 aliphatic heterocycles. The molecule has 0 aliphatic carbocycles. The number of carbonyl (C=O) groups excluding carboxylic acids is 1. The Morgan fingerprint density at radius 3 is 2.71 bits per heavy atom. The summed E-state index contributed by atoms with van der Waals surface area (Å²) in [5.74, 6) is -0.01000. The van der Waals surface area contributed by atoms with E-state index < -0.39 is 0 Å². The van der Waals surface area contributed by atoms with Gasteiger partial charge in [-0.25, -0.2) is 9.67 Å². The van der Waals surface area contributed by atoms with E-state index >= 15 is 0 Å². The summed E-state index contributed by atoms with van der Waals surface area (Å²) in [5.41, 5.74) is 0. The molecule has 0 saturated carbocycles. The molecule has 14 heavy (non-hydrogen) atoms. The topological polar surface area (TPSA) is 59.8 Å². The summed E-state index contributed by atoms with van der Waals surface area (Å²) in [4.78, 5) is 15.2. The predicted octanol–water partition coefficient (Wildman–Crippen LogP) is 0.583. The number of carbonyl (C=O) groups is 1. The highest BCUT2D eigenvalue weighted by molar-refractivity contribution is 5.75. The Hall–Kier alpha value is -1.39. The van der Waals surface area contributed by atoms with Gasteiger partial charge >= 0.3 is 0 Å². The number of amides is 1. The fraction of sp³-hybridized carbons (Fsp3) is 0.667. The first kappa shape index (κ1) is 10.7. The van der Waals surface area contributed by atoms with Gasteiger partial charge in [-0.3, -0.25) is 4.79 Å². The summed E-state index contributed by atoms with van der Waals surface area (Å²) in [6, 6.07) is 0.269. The molecule has 0 bridgehead atoms. The molecule has 0 saturated heterocycles. The van der Waals surface area contributed by atoms with Gasteiger partial charge in [-0.05, 0) is 12.8 Å². The number of hydrogen-bond acceptors (Lipinski definition) is 3. The third-order valence-electron chi connectivity index (χ3n) is 2.12. The quantitative estimate of drug-likeness (QED) is 0.749. The second-order valence-electron chi connectivity index (χ2n) is 3.17. The van der Waals surface area contributed by atoms with Crippen molar-refractivity contribution in [2.24, 2.45) is 0 Å². The highest BCUT2D eigenvalue weighted by Gasteiger charge is 2.08. The molecule has 0 atom stereocenters. The Morgan fingerprint density at radius 1 is 1.50 bits per heavy atom. The minimum Gasteiger partial charge on any atom is -0.352 e. The van der Waals surface area contributed by atoms with Crippen molar-refractivity contribution >= 4 is 5.91 Å². The molecule has 1 N–H and O–H groups in total. The van der Waals surface area contributed by atoms with Crippen LogP contribution in [0.25, 0.3) is 0 Å². The van der Waals surface area contributed by atoms with Crippen molar-refractivity contribution in [3.05, 3.63) is 12.7 Å². The van der Waals surface area contributed by atoms with Crippen molar-refractivity contribution < 1.29 is 4.79 Å². The van der Waals surface area contributed by atoms with Crippen molar-refractivity contribution in [2.75, 3.05) is 0 Å². The smallest absolute Gasteiger partial charge is 0.242 e. The van der Waals surface area contributed by atoms with Gasteiger partial charge in [0.2, 0.25) is 5.91 Å². The van der Waals surface area contributed by atoms with Gasteiger partial charge in [0.15, 0.2) is 0 Å². The van der Waals surface area contributed by atoms with Gasteiger partial charge < -0.3 is 5.32 Å². The predicted molar refractivity (Wildman–Crippen MR) is 52.5 cm³/mol. The molecule has 78 valence electrons. The maximum atomic E-state index is 11.4. The summed E-state index contributed by atoms with van der Waals surface area (Å²) < 4.78 is 1.51. The van der Waals surface area contributed by atoms with Crippen LogP contribution in [0.1, 0.15) is 26.7 Å². The molecule has 0 aromatic carbocycles. The SMILES string of the molecule is CCC(CC)NC(=O)Cn1cncn1. The minimum atomic E-state index is -0.01000. The molecule has 1 aromatic rings. The lowest BCUT2D eigenvalue weighted by Gasteiger charge is -2.14. The monoisotopic (exact) mass is 196 g/mol. The van der Waals surface area contributed by atoms with Crippen molar-refractivity contribution in [3.8, 4) is 0 Å². The first-order chi connectivity index (χ1) is 6.76. The van der Waals surface area contributed by atoms with Gasteiger partial charge in [0.05, 0.1) is 0 Å². The number of nitrogens with zero attached hydrogens (tertiary/aromatic N) is 3. The standard InChI is InChI=1S/C9H16N4O/c1-3-8(4-2)12-9(14)5-13-7-10-6-11-13/h6-8H,3-5H2,1-2H3,(H,12,14). The van der Waals surface area contributed by atoms with Crippen LogP contribution in [0.4, 0.5) is 0 Å². The largest absolute Gasteiger partial charge is 0.352 e. The van der Waals surface area contributed by atoms with E-state index in [1.54, 1.807) is 0 Å². The molecule has 1 rings (SSSR count). The fourth-order valence-electron chi connectivity index (χ4n) is 1.23. The van der Waals surface area contributed by atoms with Gasteiger partial charge in [-0.2, -0.15) is 5.10 Å². The lowest BCUT2D eigenvalue weighted by molar-refractivity contribution is -0.122. The maximum Gasteiger partial charge on any atom is 0.242 e. The maximum absolute atomic E-state index is 11.4. The molecule has 0 aliphatic rings. The van der Waals surface area contributed by atoms with E-state index in [9.17, 15) is 4.79 Å². The van der Waals surface area contributed by atoms with E-state index in [4.69, 9.17) is 0 Å². The molecule has 1 amide bonds. The highest BCUT2D eigenvalue weighted by atomic mass is 16.2. The molecular formula is C9H16N4O. The number of aromatic nitrogens is 3. The first-order valence-corrected chi connectivity index (χ1v) is 4.88. The number of rotatable bonds is 5. The average molecular weight is 196 g/mol. The molecule has 5 nitrogen and oxygen atoms in total. The summed E-state index contributed by atoms with van der Waals surface area (Å²) in [6.45, 7) is 4.37. The Morgan fingerprint density at radius 2 is 2.21 bits per heavy atom. The highest BCUT2D eigenvalue weighted by Crippen LogP contribution is 1.95. The van der Waals surface area contributed by atoms with Crippen LogP contribution in [-0.2, 0) is 11.3 Å². The van der Waals surface area contributed by atoms with Crippen LogP contribution in [0.2, 0.25) is 0 Å². The molecule has 1 heterocycles. The van der Waals surface area contributed by atoms with Crippen LogP contribution in [0.3, 0.4) is 0 Å². The van der Waals surface area contributed by atoms with Crippen LogP contribution in [0, 0.1) is 0 Å². The van der Waals surface area contributed by atoms with Crippen molar-refractivity contribution in [1.29, 1.82) is 0 Å². The van der Waals surface area contributed by atoms with Crippen LogP contribution < -0.4 is 5.32 Å². The van der Waals surface area contributed by atoms with Gasteiger partial charge in [0.1, 0.15) is 19.2 Å². The summed E-state index contributed by atoms with van der Waals surface area (Å²) in [7, 11) is 0. The Bertz CT molecular complexity index is 266. The molecule has 0 fully saturated rings. The van der Waals surface area contributed by atoms with Gasteiger partial charge in [0.25, 0.3) is 0 Å². The van der Waals surface area contributed by atoms with E-state index in [2.05, 4.69) is 29.2 Å². The average Bonchev–Trinajstić information content (AvgIpc) is 2.66. The van der Waals surface area contributed by atoms with Crippen molar-refractivity contribution in [2.45, 2.75) is 39.3 Å². The normalized spacial score (nSPS) is 10.5. The van der Waals surface area contributed by atoms with Gasteiger partial charge in [-0.1, -0.05) is 13.8 Å². The lowest BCUT2D eigenvalue weighted by atomic mass is 10.2. The van der Waals surface area contributed by atoms with Crippen LogP contribution in [0.5, 0.6) is 0 Å². The summed E-state index contributed by atoms with van der Waals surface area (Å²) in [6.07, 6.45) is 4.87. The molecule has 0 unspecified atom stereocenters. The van der Waals surface area contributed by atoms with E-state index in [0.717, 1.165) is 12.8 Å². The molecular weight excluding hydrogens is 180 g/mol. The van der Waals surface area contributed by atoms with Crippen molar-refractivity contribution in [3.63, 3.8) is 0 Å². The third-order valence-corrected chi connectivity index (χ3v) is 2.12. The number of hydrogen-bond donors (Lipinski definition) is 1. The molecule has 5 heteroatoms. The number of nitrogens with one attached hydrogen (secondary N) is 1. The van der Waals surface area contributed by atoms with Crippen molar-refractivity contribution in [1.82, 2.24) is 20.1 Å². The van der Waals surface area contributed by atoms with E-state index in [0.29, 0.717) is 0 Å². The zero-order chi connectivity index (χ0) is 10.4. The molecule has 0 spiro atoms. The zero-order valence-electron chi connectivity index (χ0n) is 8.60. The fourth-order valence-corrected chi connectivity index (χ4v) is 1.23. The summed E-state index contributed by atoms with van der Waals surface area (Å²) in [5, 5.41) is 6.79. The van der Waals surface area contributed by atoms with E-state index in [1.807, 2.05) is 0 Å². The van der Waals surface area contributed by atoms with E-state index in [-0.39, 0.29) is 18.5 Å². The van der Waals surface area contributed by atoms with Crippen LogP contribution in [0.15, 0.2) is 12.7 Å². The zero-order valence-corrected chi connectivity index (χ0v) is 8.60. The second-order valence-corrected chi connectivity index (χ2v) is 3.17. The Labute approximate surface area is 83.5 Å². The van der Waals surface area contributed by atoms with Gasteiger partial charge in [0, 0.05) is 6.04 Å². The lowest BCUT2D eigenvalue weighted by Crippen LogP contribution is -2.36. The molecule has 1 aromatic heterocycles. The van der Waals surface area contributed by atoms with Crippen LogP contribution in [-0.4, -0.2) is 26.7 Å². The van der Waals surface area contributed by atoms with E-state index in [1.165, 1.54) is 17.3 Å². The summed E-state index contributed by atoms with van der Waals surface area (Å²) >= 11 is 0. The Kier molecular flexibility index (Phi) is 4.10. The third kappa shape index (κ3) is 3.16. The molecule has 0 radical (unpaired) electrons.